The summed E-state index contributed by atoms with van der Waals surface area (Å²) < 4.78 is 42.5. The van der Waals surface area contributed by atoms with E-state index in [-0.39, 0.29) is 18.7 Å². The van der Waals surface area contributed by atoms with Gasteiger partial charge in [-0.15, -0.1) is 0 Å². The van der Waals surface area contributed by atoms with Gasteiger partial charge >= 0.3 is 12.3 Å². The highest BCUT2D eigenvalue weighted by Crippen LogP contribution is 2.27. The van der Waals surface area contributed by atoms with Crippen LogP contribution in [0.2, 0.25) is 0 Å². The number of cyclic esters (lactones) is 1. The standard InChI is InChI=1S/C18H14F3N3O4/c19-18(20,21)14-7-6-12(8-22-14)16(26)23-13(11-4-2-1-3-5-11)9-24-15(25)10-28-17(24)27/h1-8,13H,9-10H2,(H,23,26). The van der Waals surface area contributed by atoms with E-state index in [0.29, 0.717) is 11.6 Å². The van der Waals surface area contributed by atoms with Gasteiger partial charge < -0.3 is 10.1 Å². The lowest BCUT2D eigenvalue weighted by Gasteiger charge is -2.22. The maximum absolute atomic E-state index is 12.6. The minimum atomic E-state index is -4.61. The largest absolute Gasteiger partial charge is 0.439 e. The number of carbonyl (C=O) groups excluding carboxylic acids is 3. The van der Waals surface area contributed by atoms with Crippen molar-refractivity contribution in [3.63, 3.8) is 0 Å². The highest BCUT2D eigenvalue weighted by Gasteiger charge is 2.34. The second-order valence-corrected chi connectivity index (χ2v) is 5.93. The maximum Gasteiger partial charge on any atom is 0.433 e. The molecule has 10 heteroatoms. The minimum absolute atomic E-state index is 0.0933. The molecule has 2 heterocycles. The molecule has 1 saturated heterocycles. The predicted molar refractivity (Wildman–Crippen MR) is 88.9 cm³/mol. The van der Waals surface area contributed by atoms with Gasteiger partial charge in [0.15, 0.2) is 6.61 Å². The number of nitrogens with one attached hydrogen (secondary N) is 1. The normalized spacial score (nSPS) is 15.3. The van der Waals surface area contributed by atoms with Crippen LogP contribution in [0.3, 0.4) is 0 Å². The van der Waals surface area contributed by atoms with Crippen LogP contribution in [0.4, 0.5) is 18.0 Å². The van der Waals surface area contributed by atoms with Crippen molar-refractivity contribution in [2.24, 2.45) is 0 Å². The Hall–Kier alpha value is -3.43. The molecular formula is C18H14F3N3O4. The summed E-state index contributed by atoms with van der Waals surface area (Å²) in [7, 11) is 0. The Morgan fingerprint density at radius 2 is 1.89 bits per heavy atom. The van der Waals surface area contributed by atoms with Gasteiger partial charge in [-0.1, -0.05) is 30.3 Å². The van der Waals surface area contributed by atoms with Crippen molar-refractivity contribution in [3.8, 4) is 0 Å². The van der Waals surface area contributed by atoms with Gasteiger partial charge in [0.1, 0.15) is 5.69 Å². The number of carbonyl (C=O) groups is 3. The Labute approximate surface area is 157 Å². The highest BCUT2D eigenvalue weighted by molar-refractivity contribution is 5.98. The van der Waals surface area contributed by atoms with Crippen molar-refractivity contribution in [3.05, 3.63) is 65.5 Å². The first kappa shape index (κ1) is 19.3. The molecule has 1 aliphatic heterocycles. The third-order valence-electron chi connectivity index (χ3n) is 4.03. The van der Waals surface area contributed by atoms with Crippen LogP contribution >= 0.6 is 0 Å². The third-order valence-corrected chi connectivity index (χ3v) is 4.03. The van der Waals surface area contributed by atoms with E-state index in [1.165, 1.54) is 0 Å². The highest BCUT2D eigenvalue weighted by atomic mass is 19.4. The topological polar surface area (TPSA) is 88.6 Å². The number of imide groups is 1. The van der Waals surface area contributed by atoms with E-state index in [1.54, 1.807) is 30.3 Å². The Kier molecular flexibility index (Phi) is 5.30. The molecule has 3 amide bonds. The second kappa shape index (κ2) is 7.67. The second-order valence-electron chi connectivity index (χ2n) is 5.93. The number of alkyl halides is 3. The maximum atomic E-state index is 12.6. The fourth-order valence-corrected chi connectivity index (χ4v) is 2.60. The van der Waals surface area contributed by atoms with E-state index in [4.69, 9.17) is 0 Å². The van der Waals surface area contributed by atoms with Crippen molar-refractivity contribution in [2.45, 2.75) is 12.2 Å². The lowest BCUT2D eigenvalue weighted by molar-refractivity contribution is -0.141. The molecule has 1 aliphatic rings. The summed E-state index contributed by atoms with van der Waals surface area (Å²) in [5.74, 6) is -1.24. The Balaban J connectivity index is 1.80. The molecule has 3 rings (SSSR count). The molecule has 2 aromatic rings. The van der Waals surface area contributed by atoms with E-state index >= 15 is 0 Å². The number of rotatable bonds is 5. The first-order valence-electron chi connectivity index (χ1n) is 8.12. The van der Waals surface area contributed by atoms with Gasteiger partial charge in [0.05, 0.1) is 18.2 Å². The molecule has 28 heavy (non-hydrogen) atoms. The number of ether oxygens (including phenoxy) is 1. The molecule has 146 valence electrons. The zero-order valence-electron chi connectivity index (χ0n) is 14.3. The summed E-state index contributed by atoms with van der Waals surface area (Å²) in [5, 5.41) is 2.61. The Morgan fingerprint density at radius 3 is 2.43 bits per heavy atom. The summed E-state index contributed by atoms with van der Waals surface area (Å²) in [6.07, 6.45) is -4.62. The molecule has 1 unspecified atom stereocenters. The molecule has 1 fully saturated rings. The quantitative estimate of drug-likeness (QED) is 0.844. The average molecular weight is 393 g/mol. The number of hydrogen-bond acceptors (Lipinski definition) is 5. The fraction of sp³-hybridized carbons (Fsp3) is 0.222. The van der Waals surface area contributed by atoms with E-state index in [0.717, 1.165) is 17.2 Å². The molecular weight excluding hydrogens is 379 g/mol. The number of amides is 3. The number of nitrogens with zero attached hydrogens (tertiary/aromatic N) is 2. The van der Waals surface area contributed by atoms with Crippen LogP contribution in [-0.4, -0.2) is 40.9 Å². The van der Waals surface area contributed by atoms with E-state index in [9.17, 15) is 27.6 Å². The van der Waals surface area contributed by atoms with Crippen molar-refractivity contribution in [1.29, 1.82) is 0 Å². The van der Waals surface area contributed by atoms with E-state index in [1.807, 2.05) is 0 Å². The van der Waals surface area contributed by atoms with Gasteiger partial charge in [-0.05, 0) is 17.7 Å². The number of halogens is 3. The average Bonchev–Trinajstić information content (AvgIpc) is 2.99. The molecule has 0 spiro atoms. The van der Waals surface area contributed by atoms with Crippen molar-refractivity contribution >= 4 is 17.9 Å². The summed E-state index contributed by atoms with van der Waals surface area (Å²) in [6.45, 7) is -0.557. The molecule has 1 N–H and O–H groups in total. The third kappa shape index (κ3) is 4.27. The van der Waals surface area contributed by atoms with Gasteiger partial charge in [0, 0.05) is 6.20 Å². The zero-order valence-corrected chi connectivity index (χ0v) is 14.3. The van der Waals surface area contributed by atoms with Crippen molar-refractivity contribution in [2.75, 3.05) is 13.2 Å². The SMILES string of the molecule is O=C(NC(CN1C(=O)COC1=O)c1ccccc1)c1ccc(C(F)(F)F)nc1. The molecule has 1 aromatic heterocycles. The Morgan fingerprint density at radius 1 is 1.18 bits per heavy atom. The lowest BCUT2D eigenvalue weighted by Crippen LogP contribution is -2.40. The van der Waals surface area contributed by atoms with Crippen LogP contribution in [0, 0.1) is 0 Å². The first-order chi connectivity index (χ1) is 13.3. The predicted octanol–water partition coefficient (Wildman–Crippen LogP) is 2.55. The van der Waals surface area contributed by atoms with Gasteiger partial charge in [-0.2, -0.15) is 13.2 Å². The lowest BCUT2D eigenvalue weighted by atomic mass is 10.1. The van der Waals surface area contributed by atoms with Gasteiger partial charge in [-0.25, -0.2) is 9.69 Å². The first-order valence-corrected chi connectivity index (χ1v) is 8.12. The van der Waals surface area contributed by atoms with Crippen LogP contribution in [0.15, 0.2) is 48.7 Å². The van der Waals surface area contributed by atoms with Gasteiger partial charge in [0.25, 0.3) is 11.8 Å². The number of hydrogen-bond donors (Lipinski definition) is 1. The van der Waals surface area contributed by atoms with Gasteiger partial charge in [0.2, 0.25) is 0 Å². The number of pyridine rings is 1. The summed E-state index contributed by atoms with van der Waals surface area (Å²) in [4.78, 5) is 40.1. The monoisotopic (exact) mass is 393 g/mol. The summed E-state index contributed by atoms with van der Waals surface area (Å²) >= 11 is 0. The molecule has 0 saturated carbocycles. The molecule has 0 bridgehead atoms. The van der Waals surface area contributed by atoms with E-state index in [2.05, 4.69) is 15.0 Å². The molecule has 7 nitrogen and oxygen atoms in total. The van der Waals surface area contributed by atoms with Crippen molar-refractivity contribution < 1.29 is 32.3 Å². The van der Waals surface area contributed by atoms with Crippen LogP contribution in [0.1, 0.15) is 27.7 Å². The Bertz CT molecular complexity index is 869. The molecule has 0 aliphatic carbocycles. The van der Waals surface area contributed by atoms with Crippen LogP contribution < -0.4 is 5.32 Å². The van der Waals surface area contributed by atoms with Crippen LogP contribution in [0.5, 0.6) is 0 Å². The molecule has 1 atom stereocenters. The summed E-state index contributed by atoms with van der Waals surface area (Å²) in [6, 6.07) is 9.44. The van der Waals surface area contributed by atoms with Crippen molar-refractivity contribution in [1.82, 2.24) is 15.2 Å². The van der Waals surface area contributed by atoms with E-state index < -0.39 is 35.8 Å². The van der Waals surface area contributed by atoms with Crippen LogP contribution in [0.25, 0.3) is 0 Å². The minimum Gasteiger partial charge on any atom is -0.439 e. The fourth-order valence-electron chi connectivity index (χ4n) is 2.60. The molecule has 1 aromatic carbocycles. The molecule has 0 radical (unpaired) electrons. The van der Waals surface area contributed by atoms with Gasteiger partial charge in [-0.3, -0.25) is 14.6 Å². The van der Waals surface area contributed by atoms with Crippen LogP contribution in [-0.2, 0) is 15.7 Å². The number of aromatic nitrogens is 1. The summed E-state index contributed by atoms with van der Waals surface area (Å²) in [5.41, 5.74) is -0.610. The smallest absolute Gasteiger partial charge is 0.433 e. The number of benzene rings is 1. The zero-order chi connectivity index (χ0) is 20.3.